The van der Waals surface area contributed by atoms with Gasteiger partial charge in [0.25, 0.3) is 0 Å². The fraction of sp³-hybridized carbons (Fsp3) is 0.471. The number of aromatic nitrogens is 1. The van der Waals surface area contributed by atoms with Crippen molar-refractivity contribution >= 4 is 44.6 Å². The van der Waals surface area contributed by atoms with Gasteiger partial charge in [-0.15, -0.1) is 0 Å². The zero-order chi connectivity index (χ0) is 18.4. The first-order chi connectivity index (χ1) is 11.7. The minimum absolute atomic E-state index is 0.0794. The number of ketones is 1. The number of hydrogen-bond acceptors (Lipinski definition) is 6. The smallest absolute Gasteiger partial charge is 0.410 e. The summed E-state index contributed by atoms with van der Waals surface area (Å²) in [6, 6.07) is 3.59. The maximum Gasteiger partial charge on any atom is 0.410 e. The van der Waals surface area contributed by atoms with Crippen LogP contribution in [0, 0.1) is 5.92 Å². The topological polar surface area (TPSA) is 82.6 Å². The lowest BCUT2D eigenvalue weighted by Crippen LogP contribution is -2.54. The predicted octanol–water partition coefficient (Wildman–Crippen LogP) is 3.08. The van der Waals surface area contributed by atoms with Crippen LogP contribution in [-0.2, 0) is 15.9 Å². The minimum Gasteiger partial charge on any atom is -0.611 e. The number of carbonyl (C=O) groups is 2. The molecule has 8 heteroatoms. The Bertz CT molecular complexity index is 820. The molecule has 1 amide bonds. The summed E-state index contributed by atoms with van der Waals surface area (Å²) in [4.78, 5) is 31.5. The summed E-state index contributed by atoms with van der Waals surface area (Å²) in [5, 5.41) is 0.735. The molecule has 3 heterocycles. The molecule has 0 bridgehead atoms. The molecule has 1 unspecified atom stereocenters. The van der Waals surface area contributed by atoms with Crippen molar-refractivity contribution in [2.45, 2.75) is 30.6 Å². The first-order valence-electron chi connectivity index (χ1n) is 7.90. The third-order valence-corrected chi connectivity index (χ3v) is 6.43. The molecule has 0 aromatic carbocycles. The molecule has 1 aliphatic rings. The van der Waals surface area contributed by atoms with E-state index < -0.39 is 22.9 Å². The first kappa shape index (κ1) is 18.2. The number of ether oxygens (including phenoxy) is 1. The zero-order valence-electron chi connectivity index (χ0n) is 14.6. The molecule has 134 valence electrons. The first-order valence-corrected chi connectivity index (χ1v) is 10.3. The Labute approximate surface area is 153 Å². The molecule has 1 atom stereocenters. The van der Waals surface area contributed by atoms with Gasteiger partial charge in [-0.2, -0.15) is 0 Å². The van der Waals surface area contributed by atoms with Crippen LogP contribution in [0.1, 0.15) is 31.1 Å². The Hall–Kier alpha value is -1.64. The van der Waals surface area contributed by atoms with Crippen molar-refractivity contribution in [3.63, 3.8) is 0 Å². The lowest BCUT2D eigenvalue weighted by Gasteiger charge is -2.38. The highest BCUT2D eigenvalue weighted by molar-refractivity contribution is 7.93. The molecule has 0 spiro atoms. The average Bonchev–Trinajstić information content (AvgIpc) is 2.83. The van der Waals surface area contributed by atoms with Crippen molar-refractivity contribution in [1.29, 1.82) is 0 Å². The van der Waals surface area contributed by atoms with Crippen LogP contribution in [0.4, 0.5) is 4.79 Å². The van der Waals surface area contributed by atoms with E-state index in [0.717, 1.165) is 5.39 Å². The average molecular weight is 380 g/mol. The number of likely N-dealkylation sites (tertiary alicyclic amines) is 1. The Balaban J connectivity index is 1.78. The maximum atomic E-state index is 12.9. The quantitative estimate of drug-likeness (QED) is 0.604. The summed E-state index contributed by atoms with van der Waals surface area (Å²) in [5.74, 6) is -0.378. The molecule has 1 saturated heterocycles. The van der Waals surface area contributed by atoms with E-state index in [9.17, 15) is 14.1 Å². The molecular formula is C17H20N2O4S2. The maximum absolute atomic E-state index is 12.9. The molecule has 3 rings (SSSR count). The van der Waals surface area contributed by atoms with Crippen LogP contribution >= 0.6 is 11.3 Å². The van der Waals surface area contributed by atoms with Crippen LogP contribution in [-0.4, -0.2) is 51.3 Å². The van der Waals surface area contributed by atoms with Gasteiger partial charge in [0, 0.05) is 24.7 Å². The van der Waals surface area contributed by atoms with E-state index in [2.05, 4.69) is 4.98 Å². The van der Waals surface area contributed by atoms with Gasteiger partial charge in [0.05, 0.1) is 11.5 Å². The highest BCUT2D eigenvalue weighted by Crippen LogP contribution is 2.36. The molecule has 0 saturated carbocycles. The summed E-state index contributed by atoms with van der Waals surface area (Å²) in [7, 11) is 0. The molecule has 0 N–H and O–H groups in total. The SMILES string of the molecule is C[S+]([O-])c1sc2ncccc2c1C(=O)C1CN(C(=O)OC(C)(C)C)C1. The van der Waals surface area contributed by atoms with E-state index in [1.807, 2.05) is 6.07 Å². The molecule has 25 heavy (non-hydrogen) atoms. The number of rotatable bonds is 3. The van der Waals surface area contributed by atoms with Crippen molar-refractivity contribution in [3.8, 4) is 0 Å². The van der Waals surface area contributed by atoms with E-state index in [4.69, 9.17) is 4.74 Å². The number of amides is 1. The number of pyridine rings is 1. The molecular weight excluding hydrogens is 360 g/mol. The Kier molecular flexibility index (Phi) is 4.78. The molecule has 1 aliphatic heterocycles. The molecule has 1 fully saturated rings. The lowest BCUT2D eigenvalue weighted by molar-refractivity contribution is 0.00147. The third-order valence-electron chi connectivity index (χ3n) is 3.85. The van der Waals surface area contributed by atoms with Crippen LogP contribution < -0.4 is 0 Å². The molecule has 2 aromatic rings. The number of fused-ring (bicyclic) bond motifs is 1. The predicted molar refractivity (Wildman–Crippen MR) is 97.6 cm³/mol. The zero-order valence-corrected chi connectivity index (χ0v) is 16.2. The van der Waals surface area contributed by atoms with Crippen molar-refractivity contribution < 1.29 is 18.9 Å². The van der Waals surface area contributed by atoms with Gasteiger partial charge in [-0.3, -0.25) is 4.79 Å². The summed E-state index contributed by atoms with van der Waals surface area (Å²) in [6.07, 6.45) is 2.81. The Morgan fingerprint density at radius 2 is 2.08 bits per heavy atom. The fourth-order valence-electron chi connectivity index (χ4n) is 2.67. The van der Waals surface area contributed by atoms with E-state index in [0.29, 0.717) is 27.7 Å². The van der Waals surface area contributed by atoms with Gasteiger partial charge in [0.2, 0.25) is 4.21 Å². The van der Waals surface area contributed by atoms with Crippen molar-refractivity contribution in [3.05, 3.63) is 23.9 Å². The van der Waals surface area contributed by atoms with Gasteiger partial charge in [-0.05, 0) is 44.1 Å². The van der Waals surface area contributed by atoms with Gasteiger partial charge in [0.1, 0.15) is 16.7 Å². The second-order valence-corrected chi connectivity index (χ2v) is 9.60. The number of carbonyl (C=O) groups excluding carboxylic acids is 2. The summed E-state index contributed by atoms with van der Waals surface area (Å²) >= 11 is 0.0233. The van der Waals surface area contributed by atoms with Crippen molar-refractivity contribution in [2.24, 2.45) is 5.92 Å². The number of hydrogen-bond donors (Lipinski definition) is 0. The largest absolute Gasteiger partial charge is 0.611 e. The second kappa shape index (κ2) is 6.59. The fourth-order valence-corrected chi connectivity index (χ4v) is 4.76. The van der Waals surface area contributed by atoms with Gasteiger partial charge in [-0.1, -0.05) is 11.3 Å². The summed E-state index contributed by atoms with van der Waals surface area (Å²) in [6.45, 7) is 6.06. The number of thiophene rings is 1. The van der Waals surface area contributed by atoms with Crippen LogP contribution in [0.25, 0.3) is 10.2 Å². The van der Waals surface area contributed by atoms with Crippen LogP contribution in [0.2, 0.25) is 0 Å². The van der Waals surface area contributed by atoms with Crippen molar-refractivity contribution in [1.82, 2.24) is 9.88 Å². The highest BCUT2D eigenvalue weighted by Gasteiger charge is 2.41. The number of nitrogens with zero attached hydrogens (tertiary/aromatic N) is 2. The Morgan fingerprint density at radius 3 is 2.68 bits per heavy atom. The van der Waals surface area contributed by atoms with Gasteiger partial charge in [0.15, 0.2) is 5.78 Å². The van der Waals surface area contributed by atoms with Gasteiger partial charge >= 0.3 is 6.09 Å². The van der Waals surface area contributed by atoms with Crippen molar-refractivity contribution in [2.75, 3.05) is 19.3 Å². The molecule has 0 radical (unpaired) electrons. The summed E-state index contributed by atoms with van der Waals surface area (Å²) in [5.41, 5.74) is -0.0731. The van der Waals surface area contributed by atoms with Crippen LogP contribution in [0.15, 0.2) is 22.5 Å². The van der Waals surface area contributed by atoms with E-state index in [1.165, 1.54) is 16.2 Å². The second-order valence-electron chi connectivity index (χ2n) is 7.02. The minimum atomic E-state index is -1.27. The van der Waals surface area contributed by atoms with E-state index in [-0.39, 0.29) is 11.7 Å². The Morgan fingerprint density at radius 1 is 1.40 bits per heavy atom. The number of Topliss-reactive ketones (excluding diaryl/α,β-unsaturated/α-hetero) is 1. The van der Waals surface area contributed by atoms with E-state index >= 15 is 0 Å². The lowest BCUT2D eigenvalue weighted by atomic mass is 9.91. The standard InChI is InChI=1S/C17H20N2O4S2/c1-17(2,3)23-16(21)19-8-10(9-19)13(20)12-11-6-5-7-18-14(11)24-15(12)25(4)22/h5-7,10H,8-9H2,1-4H3. The third kappa shape index (κ3) is 3.65. The molecule has 2 aromatic heterocycles. The van der Waals surface area contributed by atoms with Crippen LogP contribution in [0.5, 0.6) is 0 Å². The normalized spacial score (nSPS) is 16.6. The van der Waals surface area contributed by atoms with E-state index in [1.54, 1.807) is 39.3 Å². The highest BCUT2D eigenvalue weighted by atomic mass is 32.2. The summed E-state index contributed by atoms with van der Waals surface area (Å²) < 4.78 is 17.9. The van der Waals surface area contributed by atoms with Gasteiger partial charge < -0.3 is 14.2 Å². The molecule has 6 nitrogen and oxygen atoms in total. The van der Waals surface area contributed by atoms with Crippen LogP contribution in [0.3, 0.4) is 0 Å². The van der Waals surface area contributed by atoms with Gasteiger partial charge in [-0.25, -0.2) is 9.78 Å². The monoisotopic (exact) mass is 380 g/mol. The molecule has 0 aliphatic carbocycles.